The van der Waals surface area contributed by atoms with Gasteiger partial charge in [0.1, 0.15) is 6.10 Å². The van der Waals surface area contributed by atoms with Crippen LogP contribution in [-0.4, -0.2) is 18.1 Å². The number of carbonyl (C=O) groups excluding carboxylic acids is 2. The van der Waals surface area contributed by atoms with Crippen molar-refractivity contribution >= 4 is 11.9 Å². The van der Waals surface area contributed by atoms with Crippen LogP contribution in [0.25, 0.3) is 0 Å². The number of rotatable bonds is 6. The number of alkyl halides is 3. The van der Waals surface area contributed by atoms with E-state index in [2.05, 4.69) is 5.32 Å². The SMILES string of the molecule is CC(C)(C)C(=O)NCc1ccccc1CC(OC(=O)C(F)(F)F)c1ccccc1. The summed E-state index contributed by atoms with van der Waals surface area (Å²) in [5.74, 6) is -2.37. The molecule has 0 saturated carbocycles. The number of amides is 1. The zero-order valence-electron chi connectivity index (χ0n) is 16.5. The largest absolute Gasteiger partial charge is 0.490 e. The molecule has 1 atom stereocenters. The summed E-state index contributed by atoms with van der Waals surface area (Å²) in [6, 6.07) is 15.3. The molecule has 0 aromatic heterocycles. The second-order valence-corrected chi connectivity index (χ2v) is 7.71. The van der Waals surface area contributed by atoms with Crippen LogP contribution in [0.4, 0.5) is 13.2 Å². The van der Waals surface area contributed by atoms with Crippen LogP contribution in [0.2, 0.25) is 0 Å². The zero-order chi connectivity index (χ0) is 21.7. The van der Waals surface area contributed by atoms with Gasteiger partial charge in [0.15, 0.2) is 0 Å². The van der Waals surface area contributed by atoms with Gasteiger partial charge in [-0.2, -0.15) is 13.2 Å². The maximum atomic E-state index is 12.7. The molecule has 0 heterocycles. The monoisotopic (exact) mass is 407 g/mol. The number of halogens is 3. The van der Waals surface area contributed by atoms with Gasteiger partial charge < -0.3 is 10.1 Å². The molecule has 0 bridgehead atoms. The van der Waals surface area contributed by atoms with Crippen molar-refractivity contribution in [2.75, 3.05) is 0 Å². The van der Waals surface area contributed by atoms with Gasteiger partial charge in [-0.05, 0) is 16.7 Å². The highest BCUT2D eigenvalue weighted by molar-refractivity contribution is 5.81. The molecule has 4 nitrogen and oxygen atoms in total. The first-order chi connectivity index (χ1) is 13.5. The van der Waals surface area contributed by atoms with Crippen LogP contribution in [0, 0.1) is 5.41 Å². The van der Waals surface area contributed by atoms with Crippen LogP contribution < -0.4 is 5.32 Å². The molecule has 0 aliphatic carbocycles. The molecule has 2 aromatic rings. The zero-order valence-corrected chi connectivity index (χ0v) is 16.5. The molecule has 0 aliphatic heterocycles. The lowest BCUT2D eigenvalue weighted by molar-refractivity contribution is -0.205. The van der Waals surface area contributed by atoms with E-state index >= 15 is 0 Å². The van der Waals surface area contributed by atoms with Crippen molar-refractivity contribution in [1.82, 2.24) is 5.32 Å². The predicted octanol–water partition coefficient (Wildman–Crippen LogP) is 4.74. The summed E-state index contributed by atoms with van der Waals surface area (Å²) < 4.78 is 43.0. The molecule has 1 amide bonds. The van der Waals surface area contributed by atoms with Crippen molar-refractivity contribution < 1.29 is 27.5 Å². The molecule has 2 aromatic carbocycles. The number of carbonyl (C=O) groups is 2. The number of esters is 1. The lowest BCUT2D eigenvalue weighted by atomic mass is 9.94. The first-order valence-electron chi connectivity index (χ1n) is 9.16. The van der Waals surface area contributed by atoms with Crippen molar-refractivity contribution in [3.8, 4) is 0 Å². The third kappa shape index (κ3) is 6.62. The minimum atomic E-state index is -5.08. The maximum Gasteiger partial charge on any atom is 0.490 e. The number of benzene rings is 2. The highest BCUT2D eigenvalue weighted by Gasteiger charge is 2.42. The normalized spacial score (nSPS) is 12.9. The first-order valence-corrected chi connectivity index (χ1v) is 9.16. The maximum absolute atomic E-state index is 12.7. The van der Waals surface area contributed by atoms with Gasteiger partial charge in [0.05, 0.1) is 0 Å². The summed E-state index contributed by atoms with van der Waals surface area (Å²) in [6.45, 7) is 5.59. The van der Waals surface area contributed by atoms with E-state index in [0.717, 1.165) is 5.56 Å². The van der Waals surface area contributed by atoms with E-state index in [1.807, 2.05) is 0 Å². The number of nitrogens with one attached hydrogen (secondary N) is 1. The van der Waals surface area contributed by atoms with Crippen molar-refractivity contribution in [3.63, 3.8) is 0 Å². The Morgan fingerprint density at radius 3 is 2.03 bits per heavy atom. The molecule has 1 N–H and O–H groups in total. The van der Waals surface area contributed by atoms with Crippen LogP contribution in [0.5, 0.6) is 0 Å². The molecule has 0 fully saturated rings. The molecular weight excluding hydrogens is 383 g/mol. The fraction of sp³-hybridized carbons (Fsp3) is 0.364. The highest BCUT2D eigenvalue weighted by Crippen LogP contribution is 2.28. The van der Waals surface area contributed by atoms with E-state index in [-0.39, 0.29) is 18.9 Å². The van der Waals surface area contributed by atoms with Gasteiger partial charge in [-0.15, -0.1) is 0 Å². The molecule has 29 heavy (non-hydrogen) atoms. The van der Waals surface area contributed by atoms with Gasteiger partial charge in [0.2, 0.25) is 5.91 Å². The molecule has 0 saturated heterocycles. The van der Waals surface area contributed by atoms with Crippen LogP contribution in [0.1, 0.15) is 43.6 Å². The van der Waals surface area contributed by atoms with Gasteiger partial charge in [-0.1, -0.05) is 75.4 Å². The van der Waals surface area contributed by atoms with Gasteiger partial charge in [-0.3, -0.25) is 4.79 Å². The van der Waals surface area contributed by atoms with E-state index in [9.17, 15) is 22.8 Å². The third-order valence-electron chi connectivity index (χ3n) is 4.30. The fourth-order valence-corrected chi connectivity index (χ4v) is 2.66. The molecule has 156 valence electrons. The summed E-state index contributed by atoms with van der Waals surface area (Å²) in [7, 11) is 0. The topological polar surface area (TPSA) is 55.4 Å². The molecule has 2 rings (SSSR count). The standard InChI is InChI=1S/C22H24F3NO3/c1-21(2,3)19(27)26-14-17-12-8-7-11-16(17)13-18(15-9-5-4-6-10-15)29-20(28)22(23,24)25/h4-12,18H,13-14H2,1-3H3,(H,26,27). The van der Waals surface area contributed by atoms with E-state index in [1.54, 1.807) is 75.4 Å². The molecule has 1 unspecified atom stereocenters. The highest BCUT2D eigenvalue weighted by atomic mass is 19.4. The third-order valence-corrected chi connectivity index (χ3v) is 4.30. The number of ether oxygens (including phenoxy) is 1. The van der Waals surface area contributed by atoms with Gasteiger partial charge in [0.25, 0.3) is 0 Å². The van der Waals surface area contributed by atoms with Crippen molar-refractivity contribution in [2.24, 2.45) is 5.41 Å². The van der Waals surface area contributed by atoms with Crippen LogP contribution in [-0.2, 0) is 27.3 Å². The Hall–Kier alpha value is -2.83. The Bertz CT molecular complexity index is 842. The van der Waals surface area contributed by atoms with E-state index < -0.39 is 23.7 Å². The van der Waals surface area contributed by atoms with Crippen LogP contribution in [0.3, 0.4) is 0 Å². The number of hydrogen-bond acceptors (Lipinski definition) is 3. The van der Waals surface area contributed by atoms with Crippen molar-refractivity contribution in [2.45, 2.75) is 46.0 Å². The lowest BCUT2D eigenvalue weighted by Gasteiger charge is -2.22. The average Bonchev–Trinajstić information content (AvgIpc) is 2.65. The second kappa shape index (κ2) is 9.11. The molecular formula is C22H24F3NO3. The molecule has 0 aliphatic rings. The van der Waals surface area contributed by atoms with Crippen LogP contribution in [0.15, 0.2) is 54.6 Å². The summed E-state index contributed by atoms with van der Waals surface area (Å²) in [4.78, 5) is 23.6. The summed E-state index contributed by atoms with van der Waals surface area (Å²) in [5.41, 5.74) is 1.32. The smallest absolute Gasteiger partial charge is 0.450 e. The van der Waals surface area contributed by atoms with Crippen molar-refractivity contribution in [3.05, 3.63) is 71.3 Å². The lowest BCUT2D eigenvalue weighted by Crippen LogP contribution is -2.34. The Labute approximate surface area is 168 Å². The van der Waals surface area contributed by atoms with E-state index in [0.29, 0.717) is 11.1 Å². The van der Waals surface area contributed by atoms with Gasteiger partial charge >= 0.3 is 12.1 Å². The van der Waals surface area contributed by atoms with Crippen LogP contribution >= 0.6 is 0 Å². The van der Waals surface area contributed by atoms with Crippen molar-refractivity contribution in [1.29, 1.82) is 0 Å². The predicted molar refractivity (Wildman–Crippen MR) is 103 cm³/mol. The summed E-state index contributed by atoms with van der Waals surface area (Å²) in [6.07, 6.45) is -6.13. The Morgan fingerprint density at radius 1 is 0.931 bits per heavy atom. The second-order valence-electron chi connectivity index (χ2n) is 7.71. The fourth-order valence-electron chi connectivity index (χ4n) is 2.66. The Balaban J connectivity index is 2.25. The van der Waals surface area contributed by atoms with E-state index in [4.69, 9.17) is 4.74 Å². The molecule has 0 radical (unpaired) electrons. The Kier molecular flexibility index (Phi) is 7.06. The Morgan fingerprint density at radius 2 is 1.48 bits per heavy atom. The first kappa shape index (κ1) is 22.5. The average molecular weight is 407 g/mol. The minimum absolute atomic E-state index is 0.0490. The minimum Gasteiger partial charge on any atom is -0.450 e. The van der Waals surface area contributed by atoms with E-state index in [1.165, 1.54) is 0 Å². The molecule has 7 heteroatoms. The molecule has 0 spiro atoms. The summed E-state index contributed by atoms with van der Waals surface area (Å²) >= 11 is 0. The van der Waals surface area contributed by atoms with Gasteiger partial charge in [-0.25, -0.2) is 4.79 Å². The quantitative estimate of drug-likeness (QED) is 0.704. The van der Waals surface area contributed by atoms with Gasteiger partial charge in [0, 0.05) is 18.4 Å². The number of hydrogen-bond donors (Lipinski definition) is 1. The summed E-state index contributed by atoms with van der Waals surface area (Å²) in [5, 5.41) is 2.83.